The smallest absolute Gasteiger partial charge is 0.115 e. The van der Waals surface area contributed by atoms with Gasteiger partial charge in [0.25, 0.3) is 0 Å². The van der Waals surface area contributed by atoms with E-state index in [9.17, 15) is 10.2 Å². The molecule has 3 nitrogen and oxygen atoms in total. The molecule has 0 amide bonds. The molecule has 1 aliphatic heterocycles. The molecule has 1 aliphatic rings. The molecule has 1 atom stereocenters. The van der Waals surface area contributed by atoms with E-state index in [2.05, 4.69) is 19.2 Å². The van der Waals surface area contributed by atoms with Gasteiger partial charge in [-0.25, -0.2) is 0 Å². The van der Waals surface area contributed by atoms with Gasteiger partial charge in [0.2, 0.25) is 0 Å². The van der Waals surface area contributed by atoms with E-state index in [0.29, 0.717) is 11.7 Å². The predicted molar refractivity (Wildman–Crippen MR) is 63.6 cm³/mol. The highest BCUT2D eigenvalue weighted by atomic mass is 16.3. The zero-order valence-electron chi connectivity index (χ0n) is 9.83. The van der Waals surface area contributed by atoms with Gasteiger partial charge in [-0.15, -0.1) is 0 Å². The Hall–Kier alpha value is -1.06. The summed E-state index contributed by atoms with van der Waals surface area (Å²) in [5, 5.41) is 22.4. The summed E-state index contributed by atoms with van der Waals surface area (Å²) in [6.45, 7) is 5.25. The van der Waals surface area contributed by atoms with Gasteiger partial charge in [0, 0.05) is 0 Å². The topological polar surface area (TPSA) is 52.5 Å². The average Bonchev–Trinajstić information content (AvgIpc) is 2.19. The van der Waals surface area contributed by atoms with E-state index in [1.54, 1.807) is 12.1 Å². The molecule has 0 saturated carbocycles. The Morgan fingerprint density at radius 1 is 1.44 bits per heavy atom. The molecule has 0 aromatic heterocycles. The maximum Gasteiger partial charge on any atom is 0.115 e. The fraction of sp³-hybridized carbons (Fsp3) is 0.538. The van der Waals surface area contributed by atoms with Crippen LogP contribution in [-0.4, -0.2) is 23.4 Å². The second-order valence-corrected chi connectivity index (χ2v) is 4.84. The Kier molecular flexibility index (Phi) is 2.91. The number of hydrogen-bond donors (Lipinski definition) is 3. The second kappa shape index (κ2) is 4.07. The number of phenolic OH excluding ortho intramolecular Hbond substituents is 1. The third-order valence-electron chi connectivity index (χ3n) is 3.46. The molecule has 1 aromatic rings. The number of nitrogens with one attached hydrogen (secondary N) is 1. The summed E-state index contributed by atoms with van der Waals surface area (Å²) in [7, 11) is 0. The summed E-state index contributed by atoms with van der Waals surface area (Å²) >= 11 is 0. The minimum atomic E-state index is -0.284. The molecule has 1 unspecified atom stereocenters. The molecular formula is C13H19NO2. The number of aliphatic hydroxyl groups excluding tert-OH is 1. The number of benzene rings is 1. The van der Waals surface area contributed by atoms with Crippen LogP contribution >= 0.6 is 0 Å². The largest absolute Gasteiger partial charge is 0.508 e. The zero-order chi connectivity index (χ0) is 11.8. The van der Waals surface area contributed by atoms with E-state index in [1.807, 2.05) is 6.07 Å². The minimum absolute atomic E-state index is 0.109. The fourth-order valence-electron chi connectivity index (χ4n) is 2.34. The summed E-state index contributed by atoms with van der Waals surface area (Å²) in [5.41, 5.74) is 1.95. The maximum atomic E-state index is 9.54. The van der Waals surface area contributed by atoms with Crippen LogP contribution in [0, 0.1) is 0 Å². The van der Waals surface area contributed by atoms with E-state index in [1.165, 1.54) is 0 Å². The highest BCUT2D eigenvalue weighted by Gasteiger charge is 2.39. The monoisotopic (exact) mass is 221 g/mol. The van der Waals surface area contributed by atoms with Gasteiger partial charge in [0.1, 0.15) is 5.75 Å². The number of aliphatic hydroxyl groups is 1. The first kappa shape index (κ1) is 11.4. The molecule has 1 heterocycles. The van der Waals surface area contributed by atoms with Crippen LogP contribution in [0.4, 0.5) is 0 Å². The highest BCUT2D eigenvalue weighted by Crippen LogP contribution is 2.37. The van der Waals surface area contributed by atoms with Crippen LogP contribution in [0.5, 0.6) is 5.75 Å². The van der Waals surface area contributed by atoms with Gasteiger partial charge in [-0.1, -0.05) is 19.9 Å². The lowest BCUT2D eigenvalue weighted by Crippen LogP contribution is -2.57. The number of rotatable bonds is 3. The van der Waals surface area contributed by atoms with Crippen molar-refractivity contribution in [2.75, 3.05) is 13.2 Å². The first-order valence-electron chi connectivity index (χ1n) is 5.78. The molecule has 16 heavy (non-hydrogen) atoms. The van der Waals surface area contributed by atoms with Crippen LogP contribution in [0.2, 0.25) is 0 Å². The molecule has 3 N–H and O–H groups in total. The molecule has 1 saturated heterocycles. The summed E-state index contributed by atoms with van der Waals surface area (Å²) < 4.78 is 0. The summed E-state index contributed by atoms with van der Waals surface area (Å²) in [6.07, 6.45) is 0.952. The fourth-order valence-corrected chi connectivity index (χ4v) is 2.34. The molecule has 0 spiro atoms. The molecule has 0 bridgehead atoms. The Bertz CT molecular complexity index is 378. The molecule has 3 heteroatoms. The summed E-state index contributed by atoms with van der Waals surface area (Å²) in [5.74, 6) is 0.632. The molecule has 88 valence electrons. The van der Waals surface area contributed by atoms with Gasteiger partial charge in [0.15, 0.2) is 0 Å². The van der Waals surface area contributed by atoms with Crippen LogP contribution in [0.3, 0.4) is 0 Å². The van der Waals surface area contributed by atoms with Crippen molar-refractivity contribution in [3.05, 3.63) is 29.3 Å². The third kappa shape index (κ3) is 1.70. The van der Waals surface area contributed by atoms with Crippen molar-refractivity contribution in [3.8, 4) is 5.75 Å². The van der Waals surface area contributed by atoms with E-state index in [-0.39, 0.29) is 12.1 Å². The van der Waals surface area contributed by atoms with Crippen molar-refractivity contribution < 1.29 is 10.2 Å². The third-order valence-corrected chi connectivity index (χ3v) is 3.46. The van der Waals surface area contributed by atoms with Crippen molar-refractivity contribution in [1.82, 2.24) is 5.32 Å². The van der Waals surface area contributed by atoms with Gasteiger partial charge in [-0.3, -0.25) is 0 Å². The maximum absolute atomic E-state index is 9.54. The van der Waals surface area contributed by atoms with E-state index in [4.69, 9.17) is 0 Å². The van der Waals surface area contributed by atoms with Crippen LogP contribution in [0.1, 0.15) is 37.3 Å². The minimum Gasteiger partial charge on any atom is -0.508 e. The van der Waals surface area contributed by atoms with Crippen LogP contribution in [0.25, 0.3) is 0 Å². The lowest BCUT2D eigenvalue weighted by molar-refractivity contribution is 0.0983. The lowest BCUT2D eigenvalue weighted by Gasteiger charge is -2.43. The van der Waals surface area contributed by atoms with Gasteiger partial charge < -0.3 is 15.5 Å². The molecule has 1 aromatic carbocycles. The highest BCUT2D eigenvalue weighted by molar-refractivity contribution is 5.42. The standard InChI is InChI=1S/C13H19NO2/c1-9(2)11-7-10(16)3-4-12(11)13(8-15)5-6-14-13/h3-4,7,9,14-16H,5-6,8H2,1-2H3. The number of aromatic hydroxyl groups is 1. The van der Waals surface area contributed by atoms with E-state index >= 15 is 0 Å². The van der Waals surface area contributed by atoms with Crippen molar-refractivity contribution in [3.63, 3.8) is 0 Å². The molecule has 0 radical (unpaired) electrons. The van der Waals surface area contributed by atoms with Crippen molar-refractivity contribution >= 4 is 0 Å². The Morgan fingerprint density at radius 3 is 2.56 bits per heavy atom. The van der Waals surface area contributed by atoms with Crippen molar-refractivity contribution in [2.24, 2.45) is 0 Å². The molecule has 1 fully saturated rings. The Labute approximate surface area is 96.1 Å². The van der Waals surface area contributed by atoms with Crippen LogP contribution in [0.15, 0.2) is 18.2 Å². The molecule has 2 rings (SSSR count). The summed E-state index contributed by atoms with van der Waals surface area (Å²) in [6, 6.07) is 5.42. The first-order chi connectivity index (χ1) is 7.59. The molecular weight excluding hydrogens is 202 g/mol. The quantitative estimate of drug-likeness (QED) is 0.728. The predicted octanol–water partition coefficient (Wildman–Crippen LogP) is 1.70. The number of phenols is 1. The van der Waals surface area contributed by atoms with Gasteiger partial charge >= 0.3 is 0 Å². The Morgan fingerprint density at radius 2 is 2.12 bits per heavy atom. The van der Waals surface area contributed by atoms with Gasteiger partial charge in [0.05, 0.1) is 12.1 Å². The Balaban J connectivity index is 2.47. The normalized spacial score (nSPS) is 24.5. The van der Waals surface area contributed by atoms with E-state index < -0.39 is 0 Å². The van der Waals surface area contributed by atoms with Crippen molar-refractivity contribution in [2.45, 2.75) is 31.7 Å². The lowest BCUT2D eigenvalue weighted by atomic mass is 9.77. The van der Waals surface area contributed by atoms with Gasteiger partial charge in [-0.2, -0.15) is 0 Å². The zero-order valence-corrected chi connectivity index (χ0v) is 9.83. The first-order valence-corrected chi connectivity index (χ1v) is 5.78. The van der Waals surface area contributed by atoms with Crippen LogP contribution in [-0.2, 0) is 5.54 Å². The van der Waals surface area contributed by atoms with Crippen molar-refractivity contribution in [1.29, 1.82) is 0 Å². The SMILES string of the molecule is CC(C)c1cc(O)ccc1C1(CO)CCN1. The average molecular weight is 221 g/mol. The summed E-state index contributed by atoms with van der Waals surface area (Å²) in [4.78, 5) is 0. The molecule has 0 aliphatic carbocycles. The van der Waals surface area contributed by atoms with E-state index in [0.717, 1.165) is 24.1 Å². The van der Waals surface area contributed by atoms with Gasteiger partial charge in [-0.05, 0) is 42.1 Å². The number of hydrogen-bond acceptors (Lipinski definition) is 3. The van der Waals surface area contributed by atoms with Crippen LogP contribution < -0.4 is 5.32 Å². The second-order valence-electron chi connectivity index (χ2n) is 4.84.